The molecule has 0 aliphatic heterocycles. The van der Waals surface area contributed by atoms with Crippen molar-refractivity contribution in [3.8, 4) is 0 Å². The van der Waals surface area contributed by atoms with E-state index in [4.69, 9.17) is 0 Å². The highest BCUT2D eigenvalue weighted by molar-refractivity contribution is 5.88. The minimum absolute atomic E-state index is 0.00748. The van der Waals surface area contributed by atoms with Crippen LogP contribution in [0.4, 0.5) is 0 Å². The maximum Gasteiger partial charge on any atom is 0.243 e. The van der Waals surface area contributed by atoms with Gasteiger partial charge in [-0.1, -0.05) is 79.9 Å². The number of nitrogens with one attached hydrogen (secondary N) is 1. The van der Waals surface area contributed by atoms with Gasteiger partial charge < -0.3 is 10.2 Å². The van der Waals surface area contributed by atoms with Crippen molar-refractivity contribution in [2.75, 3.05) is 0 Å². The number of carbonyl (C=O) groups is 2. The summed E-state index contributed by atoms with van der Waals surface area (Å²) >= 11 is 0. The average molecular weight is 393 g/mol. The van der Waals surface area contributed by atoms with Gasteiger partial charge in [0.25, 0.3) is 0 Å². The fourth-order valence-corrected chi connectivity index (χ4v) is 4.01. The Hall–Kier alpha value is -2.62. The third kappa shape index (κ3) is 5.93. The van der Waals surface area contributed by atoms with E-state index in [2.05, 4.69) is 17.4 Å². The molecule has 2 aromatic carbocycles. The van der Waals surface area contributed by atoms with Crippen LogP contribution in [0.2, 0.25) is 0 Å². The molecule has 0 heterocycles. The van der Waals surface area contributed by atoms with Crippen molar-refractivity contribution in [3.63, 3.8) is 0 Å². The molecule has 4 nitrogen and oxygen atoms in total. The van der Waals surface area contributed by atoms with Gasteiger partial charge in [-0.2, -0.15) is 0 Å². The lowest BCUT2D eigenvalue weighted by atomic mass is 10.0. The van der Waals surface area contributed by atoms with Crippen molar-refractivity contribution in [1.29, 1.82) is 0 Å². The Morgan fingerprint density at radius 3 is 2.28 bits per heavy atom. The van der Waals surface area contributed by atoms with E-state index >= 15 is 0 Å². The molecule has 1 fully saturated rings. The third-order valence-electron chi connectivity index (χ3n) is 5.75. The summed E-state index contributed by atoms with van der Waals surface area (Å²) in [5.74, 6) is -0.0252. The molecule has 0 aromatic heterocycles. The summed E-state index contributed by atoms with van der Waals surface area (Å²) in [5, 5.41) is 3.22. The molecule has 3 rings (SSSR count). The second kappa shape index (κ2) is 10.2. The molecular weight excluding hydrogens is 360 g/mol. The Kier molecular flexibility index (Phi) is 7.45. The van der Waals surface area contributed by atoms with E-state index in [1.165, 1.54) is 5.56 Å². The number of carbonyl (C=O) groups excluding carboxylic acids is 2. The molecule has 154 valence electrons. The van der Waals surface area contributed by atoms with E-state index in [0.717, 1.165) is 36.8 Å². The second-order valence-corrected chi connectivity index (χ2v) is 8.06. The van der Waals surface area contributed by atoms with Crippen molar-refractivity contribution in [2.24, 2.45) is 0 Å². The predicted molar refractivity (Wildman–Crippen MR) is 116 cm³/mol. The van der Waals surface area contributed by atoms with Crippen LogP contribution >= 0.6 is 0 Å². The van der Waals surface area contributed by atoms with E-state index in [1.807, 2.05) is 56.3 Å². The van der Waals surface area contributed by atoms with Gasteiger partial charge >= 0.3 is 0 Å². The van der Waals surface area contributed by atoms with Gasteiger partial charge in [-0.25, -0.2) is 0 Å². The number of aryl methyl sites for hydroxylation is 1. The first-order valence-corrected chi connectivity index (χ1v) is 10.8. The van der Waals surface area contributed by atoms with Crippen LogP contribution in [0.3, 0.4) is 0 Å². The van der Waals surface area contributed by atoms with Crippen LogP contribution in [0.15, 0.2) is 54.6 Å². The van der Waals surface area contributed by atoms with Crippen LogP contribution in [0.1, 0.15) is 55.7 Å². The fraction of sp³-hybridized carbons (Fsp3) is 0.440. The lowest BCUT2D eigenvalue weighted by Gasteiger charge is -2.32. The average Bonchev–Trinajstić information content (AvgIpc) is 3.25. The molecule has 1 N–H and O–H groups in total. The topological polar surface area (TPSA) is 49.4 Å². The maximum atomic E-state index is 13.3. The largest absolute Gasteiger partial charge is 0.352 e. The third-order valence-corrected chi connectivity index (χ3v) is 5.75. The standard InChI is InChI=1S/C25H32N2O2/c1-3-24(28)27(18-21-15-13-19(2)14-16-21)23(17-20-9-5-4-6-10-20)25(29)26-22-11-7-8-12-22/h4-6,9-10,13-16,22-23H,3,7-8,11-12,17-18H2,1-2H3,(H,26,29). The monoisotopic (exact) mass is 392 g/mol. The molecule has 0 spiro atoms. The normalized spacial score (nSPS) is 15.1. The lowest BCUT2D eigenvalue weighted by Crippen LogP contribution is -2.52. The Morgan fingerprint density at radius 2 is 1.66 bits per heavy atom. The van der Waals surface area contributed by atoms with E-state index in [0.29, 0.717) is 19.4 Å². The van der Waals surface area contributed by atoms with Crippen molar-refractivity contribution in [2.45, 2.75) is 71.0 Å². The zero-order chi connectivity index (χ0) is 20.6. The highest BCUT2D eigenvalue weighted by Gasteiger charge is 2.31. The van der Waals surface area contributed by atoms with Gasteiger partial charge in [-0.05, 0) is 30.9 Å². The van der Waals surface area contributed by atoms with Gasteiger partial charge in [0.15, 0.2) is 0 Å². The van der Waals surface area contributed by atoms with Gasteiger partial charge in [0.05, 0.1) is 0 Å². The Balaban J connectivity index is 1.86. The summed E-state index contributed by atoms with van der Waals surface area (Å²) in [6.07, 6.45) is 5.29. The molecule has 2 aromatic rings. The first-order chi connectivity index (χ1) is 14.1. The number of rotatable bonds is 8. The van der Waals surface area contributed by atoms with E-state index in [9.17, 15) is 9.59 Å². The van der Waals surface area contributed by atoms with Crippen LogP contribution in [0, 0.1) is 6.92 Å². The molecule has 0 radical (unpaired) electrons. The minimum atomic E-state index is -0.508. The smallest absolute Gasteiger partial charge is 0.243 e. The summed E-state index contributed by atoms with van der Waals surface area (Å²) in [7, 11) is 0. The van der Waals surface area contributed by atoms with E-state index in [-0.39, 0.29) is 17.9 Å². The van der Waals surface area contributed by atoms with E-state index in [1.54, 1.807) is 4.90 Å². The van der Waals surface area contributed by atoms with Crippen LogP contribution in [0.25, 0.3) is 0 Å². The van der Waals surface area contributed by atoms with Gasteiger partial charge in [-0.15, -0.1) is 0 Å². The van der Waals surface area contributed by atoms with E-state index < -0.39 is 6.04 Å². The summed E-state index contributed by atoms with van der Waals surface area (Å²) in [5.41, 5.74) is 3.29. The summed E-state index contributed by atoms with van der Waals surface area (Å²) in [4.78, 5) is 28.0. The molecule has 0 saturated heterocycles. The summed E-state index contributed by atoms with van der Waals surface area (Å²) < 4.78 is 0. The molecule has 1 saturated carbocycles. The lowest BCUT2D eigenvalue weighted by molar-refractivity contribution is -0.141. The highest BCUT2D eigenvalue weighted by Crippen LogP contribution is 2.20. The predicted octanol–water partition coefficient (Wildman–Crippen LogP) is 4.40. The van der Waals surface area contributed by atoms with Gasteiger partial charge in [-0.3, -0.25) is 9.59 Å². The molecule has 1 aliphatic carbocycles. The number of amides is 2. The summed E-state index contributed by atoms with van der Waals surface area (Å²) in [6.45, 7) is 4.35. The van der Waals surface area contributed by atoms with Crippen LogP contribution in [-0.2, 0) is 22.6 Å². The van der Waals surface area contributed by atoms with Crippen LogP contribution in [-0.4, -0.2) is 28.8 Å². The Labute approximate surface area is 174 Å². The molecule has 2 amide bonds. The Morgan fingerprint density at radius 1 is 1.00 bits per heavy atom. The Bertz CT molecular complexity index is 795. The van der Waals surface area contributed by atoms with Crippen LogP contribution < -0.4 is 5.32 Å². The van der Waals surface area contributed by atoms with Crippen molar-refractivity contribution in [1.82, 2.24) is 10.2 Å². The SMILES string of the molecule is CCC(=O)N(Cc1ccc(C)cc1)C(Cc1ccccc1)C(=O)NC1CCCC1. The molecule has 1 aliphatic rings. The number of hydrogen-bond donors (Lipinski definition) is 1. The highest BCUT2D eigenvalue weighted by atomic mass is 16.2. The fourth-order valence-electron chi connectivity index (χ4n) is 4.01. The zero-order valence-electron chi connectivity index (χ0n) is 17.6. The summed E-state index contributed by atoms with van der Waals surface area (Å²) in [6, 6.07) is 17.9. The molecular formula is C25H32N2O2. The van der Waals surface area contributed by atoms with Gasteiger partial charge in [0.1, 0.15) is 6.04 Å². The van der Waals surface area contributed by atoms with Gasteiger partial charge in [0, 0.05) is 25.4 Å². The number of benzene rings is 2. The zero-order valence-corrected chi connectivity index (χ0v) is 17.6. The molecule has 29 heavy (non-hydrogen) atoms. The van der Waals surface area contributed by atoms with Crippen molar-refractivity contribution in [3.05, 3.63) is 71.3 Å². The molecule has 1 unspecified atom stereocenters. The van der Waals surface area contributed by atoms with Crippen molar-refractivity contribution < 1.29 is 9.59 Å². The molecule has 0 bridgehead atoms. The molecule has 4 heteroatoms. The van der Waals surface area contributed by atoms with Crippen molar-refractivity contribution >= 4 is 11.8 Å². The number of hydrogen-bond acceptors (Lipinski definition) is 2. The molecule has 1 atom stereocenters. The maximum absolute atomic E-state index is 13.3. The minimum Gasteiger partial charge on any atom is -0.352 e. The quantitative estimate of drug-likeness (QED) is 0.724. The van der Waals surface area contributed by atoms with Gasteiger partial charge in [0.2, 0.25) is 11.8 Å². The number of nitrogens with zero attached hydrogens (tertiary/aromatic N) is 1. The second-order valence-electron chi connectivity index (χ2n) is 8.06. The first-order valence-electron chi connectivity index (χ1n) is 10.8. The van der Waals surface area contributed by atoms with Crippen LogP contribution in [0.5, 0.6) is 0 Å². The first kappa shape index (κ1) is 21.1.